The Labute approximate surface area is 180 Å². The van der Waals surface area contributed by atoms with E-state index in [1.54, 1.807) is 6.07 Å². The molecule has 0 aliphatic heterocycles. The molecule has 4 fully saturated rings. The minimum absolute atomic E-state index is 0.138. The van der Waals surface area contributed by atoms with Gasteiger partial charge < -0.3 is 14.9 Å². The van der Waals surface area contributed by atoms with Crippen molar-refractivity contribution < 1.29 is 14.4 Å². The van der Waals surface area contributed by atoms with Crippen LogP contribution in [0.5, 0.6) is 0 Å². The summed E-state index contributed by atoms with van der Waals surface area (Å²) in [7, 11) is 0. The zero-order valence-electron chi connectivity index (χ0n) is 17.3. The molecule has 4 bridgehead atoms. The highest BCUT2D eigenvalue weighted by atomic mass is 16.5. The molecule has 2 atom stereocenters. The third-order valence-electron chi connectivity index (χ3n) is 7.27. The van der Waals surface area contributed by atoms with Gasteiger partial charge in [-0.05, 0) is 62.5 Å². The first kappa shape index (κ1) is 18.8. The van der Waals surface area contributed by atoms with Crippen LogP contribution < -0.4 is 5.32 Å². The number of carbonyl (C=O) groups is 1. The molecule has 31 heavy (non-hydrogen) atoms. The van der Waals surface area contributed by atoms with E-state index in [4.69, 9.17) is 4.52 Å². The number of hydrogen-bond donors (Lipinski definition) is 2. The SMILES string of the molecule is O=C(NC12CC3CC(CC(O)(C3)C1)C2)c1ccccc1-c1nc(-c2ccccc2)no1. The summed E-state index contributed by atoms with van der Waals surface area (Å²) in [4.78, 5) is 18.0. The molecule has 6 nitrogen and oxygen atoms in total. The Morgan fingerprint density at radius 2 is 1.71 bits per heavy atom. The molecule has 3 aromatic rings. The summed E-state index contributed by atoms with van der Waals surface area (Å²) in [6.45, 7) is 0. The van der Waals surface area contributed by atoms with Gasteiger partial charge in [0.05, 0.1) is 16.7 Å². The summed E-state index contributed by atoms with van der Waals surface area (Å²) in [6.07, 6.45) is 5.50. The fourth-order valence-corrected chi connectivity index (χ4v) is 6.57. The molecule has 6 heteroatoms. The van der Waals surface area contributed by atoms with Gasteiger partial charge in [0, 0.05) is 11.1 Å². The smallest absolute Gasteiger partial charge is 0.259 e. The van der Waals surface area contributed by atoms with Gasteiger partial charge in [-0.1, -0.05) is 47.6 Å². The molecule has 4 aliphatic carbocycles. The van der Waals surface area contributed by atoms with E-state index >= 15 is 0 Å². The lowest BCUT2D eigenvalue weighted by Gasteiger charge is -2.60. The van der Waals surface area contributed by atoms with Crippen LogP contribution in [-0.2, 0) is 0 Å². The molecule has 1 heterocycles. The minimum atomic E-state index is -0.617. The Morgan fingerprint density at radius 1 is 1.00 bits per heavy atom. The molecule has 7 rings (SSSR count). The van der Waals surface area contributed by atoms with Crippen molar-refractivity contribution in [1.29, 1.82) is 0 Å². The molecule has 2 N–H and O–H groups in total. The van der Waals surface area contributed by atoms with Gasteiger partial charge >= 0.3 is 0 Å². The maximum atomic E-state index is 13.4. The van der Waals surface area contributed by atoms with Gasteiger partial charge in [-0.3, -0.25) is 4.79 Å². The first-order valence-corrected chi connectivity index (χ1v) is 11.0. The molecular weight excluding hydrogens is 390 g/mol. The van der Waals surface area contributed by atoms with Gasteiger partial charge in [-0.2, -0.15) is 4.98 Å². The fourth-order valence-electron chi connectivity index (χ4n) is 6.57. The lowest BCUT2D eigenvalue weighted by atomic mass is 9.51. The molecule has 2 aromatic carbocycles. The Bertz CT molecular complexity index is 1130. The molecule has 0 saturated heterocycles. The second-order valence-corrected chi connectivity index (χ2v) is 9.75. The van der Waals surface area contributed by atoms with Crippen LogP contribution in [0.15, 0.2) is 59.1 Å². The average molecular weight is 415 g/mol. The summed E-state index contributed by atoms with van der Waals surface area (Å²) in [5.74, 6) is 1.70. The zero-order chi connectivity index (χ0) is 21.1. The van der Waals surface area contributed by atoms with E-state index in [0.717, 1.165) is 31.2 Å². The quantitative estimate of drug-likeness (QED) is 0.666. The zero-order valence-corrected chi connectivity index (χ0v) is 17.3. The molecule has 4 aliphatic rings. The van der Waals surface area contributed by atoms with Gasteiger partial charge in [-0.25, -0.2) is 0 Å². The number of nitrogens with one attached hydrogen (secondary N) is 1. The summed E-state index contributed by atoms with van der Waals surface area (Å²) < 4.78 is 5.52. The van der Waals surface area contributed by atoms with Crippen LogP contribution in [0.1, 0.15) is 48.9 Å². The number of benzene rings is 2. The molecule has 0 radical (unpaired) electrons. The Kier molecular flexibility index (Phi) is 4.09. The molecule has 4 saturated carbocycles. The topological polar surface area (TPSA) is 88.2 Å². The fraction of sp³-hybridized carbons (Fsp3) is 0.400. The van der Waals surface area contributed by atoms with Crippen molar-refractivity contribution >= 4 is 5.91 Å². The third kappa shape index (κ3) is 3.26. The molecule has 1 aromatic heterocycles. The van der Waals surface area contributed by atoms with Gasteiger partial charge in [0.2, 0.25) is 5.82 Å². The number of rotatable bonds is 4. The maximum Gasteiger partial charge on any atom is 0.259 e. The number of carbonyl (C=O) groups excluding carboxylic acids is 1. The van der Waals surface area contributed by atoms with Crippen LogP contribution in [0.25, 0.3) is 22.8 Å². The normalized spacial score (nSPS) is 31.0. The lowest BCUT2D eigenvalue weighted by molar-refractivity contribution is -0.139. The summed E-state index contributed by atoms with van der Waals surface area (Å²) in [5, 5.41) is 18.4. The highest BCUT2D eigenvalue weighted by Gasteiger charge is 2.57. The summed E-state index contributed by atoms with van der Waals surface area (Å²) in [5.41, 5.74) is 1.08. The molecule has 1 amide bonds. The Hall–Kier alpha value is -2.99. The molecule has 158 valence electrons. The van der Waals surface area contributed by atoms with E-state index in [1.807, 2.05) is 48.5 Å². The van der Waals surface area contributed by atoms with Crippen LogP contribution in [0, 0.1) is 11.8 Å². The number of amides is 1. The lowest BCUT2D eigenvalue weighted by Crippen LogP contribution is -2.65. The van der Waals surface area contributed by atoms with Crippen molar-refractivity contribution in [2.45, 2.75) is 49.7 Å². The van der Waals surface area contributed by atoms with Crippen molar-refractivity contribution in [2.75, 3.05) is 0 Å². The van der Waals surface area contributed by atoms with Gasteiger partial charge in [0.15, 0.2) is 0 Å². The predicted octanol–water partition coefficient (Wildman–Crippen LogP) is 4.22. The van der Waals surface area contributed by atoms with Crippen molar-refractivity contribution in [3.8, 4) is 22.8 Å². The molecular formula is C25H25N3O3. The predicted molar refractivity (Wildman–Crippen MR) is 115 cm³/mol. The summed E-state index contributed by atoms with van der Waals surface area (Å²) in [6, 6.07) is 17.0. The Morgan fingerprint density at radius 3 is 2.45 bits per heavy atom. The highest BCUT2D eigenvalue weighted by molar-refractivity contribution is 6.00. The Balaban J connectivity index is 1.30. The average Bonchev–Trinajstić information content (AvgIpc) is 3.22. The van der Waals surface area contributed by atoms with Crippen LogP contribution in [0.3, 0.4) is 0 Å². The van der Waals surface area contributed by atoms with E-state index in [-0.39, 0.29) is 11.4 Å². The first-order valence-electron chi connectivity index (χ1n) is 11.0. The second-order valence-electron chi connectivity index (χ2n) is 9.75. The van der Waals surface area contributed by atoms with Crippen LogP contribution >= 0.6 is 0 Å². The van der Waals surface area contributed by atoms with Crippen LogP contribution in [-0.4, -0.2) is 32.3 Å². The molecule has 0 spiro atoms. The standard InChI is InChI=1S/C25H25N3O3/c29-22(27-24-11-16-10-17(12-24)14-25(30,13-16)15-24)19-8-4-5-9-20(19)23-26-21(28-31-23)18-6-2-1-3-7-18/h1-9,16-17,30H,10-15H2,(H,27,29). The van der Waals surface area contributed by atoms with Gasteiger partial charge in [0.25, 0.3) is 11.8 Å². The number of nitrogens with zero attached hydrogens (tertiary/aromatic N) is 2. The van der Waals surface area contributed by atoms with Crippen molar-refractivity contribution in [2.24, 2.45) is 11.8 Å². The van der Waals surface area contributed by atoms with E-state index < -0.39 is 5.60 Å². The van der Waals surface area contributed by atoms with Crippen LogP contribution in [0.4, 0.5) is 0 Å². The number of hydrogen-bond acceptors (Lipinski definition) is 5. The monoisotopic (exact) mass is 415 g/mol. The minimum Gasteiger partial charge on any atom is -0.390 e. The summed E-state index contributed by atoms with van der Waals surface area (Å²) >= 11 is 0. The van der Waals surface area contributed by atoms with Crippen molar-refractivity contribution in [1.82, 2.24) is 15.5 Å². The highest BCUT2D eigenvalue weighted by Crippen LogP contribution is 2.57. The van der Waals surface area contributed by atoms with E-state index in [2.05, 4.69) is 15.5 Å². The first-order chi connectivity index (χ1) is 15.0. The maximum absolute atomic E-state index is 13.4. The van der Waals surface area contributed by atoms with E-state index in [9.17, 15) is 9.90 Å². The number of aromatic nitrogens is 2. The van der Waals surface area contributed by atoms with Crippen molar-refractivity contribution in [3.05, 3.63) is 60.2 Å². The van der Waals surface area contributed by atoms with Crippen molar-refractivity contribution in [3.63, 3.8) is 0 Å². The van der Waals surface area contributed by atoms with E-state index in [1.165, 1.54) is 6.42 Å². The molecule has 2 unspecified atom stereocenters. The second kappa shape index (κ2) is 6.76. The van der Waals surface area contributed by atoms with Gasteiger partial charge in [0.1, 0.15) is 0 Å². The largest absolute Gasteiger partial charge is 0.390 e. The van der Waals surface area contributed by atoms with E-state index in [0.29, 0.717) is 41.1 Å². The van der Waals surface area contributed by atoms with Crippen LogP contribution in [0.2, 0.25) is 0 Å². The van der Waals surface area contributed by atoms with Gasteiger partial charge in [-0.15, -0.1) is 0 Å². The number of aliphatic hydroxyl groups is 1. The third-order valence-corrected chi connectivity index (χ3v) is 7.27.